The quantitative estimate of drug-likeness (QED) is 0.747. The highest BCUT2D eigenvalue weighted by molar-refractivity contribution is 9.10. The summed E-state index contributed by atoms with van der Waals surface area (Å²) >= 11 is 3.28. The number of halogens is 1. The van der Waals surface area contributed by atoms with Crippen LogP contribution >= 0.6 is 15.9 Å². The fourth-order valence-corrected chi connectivity index (χ4v) is 1.80. The summed E-state index contributed by atoms with van der Waals surface area (Å²) in [6, 6.07) is 4.68. The van der Waals surface area contributed by atoms with Crippen molar-refractivity contribution in [3.05, 3.63) is 28.2 Å². The van der Waals surface area contributed by atoms with E-state index in [4.69, 9.17) is 14.6 Å². The van der Waals surface area contributed by atoms with Crippen molar-refractivity contribution in [3.8, 4) is 5.75 Å². The number of aromatic carboxylic acids is 1. The maximum absolute atomic E-state index is 10.7. The Morgan fingerprint density at radius 2 is 2.11 bits per heavy atom. The Kier molecular flexibility index (Phi) is 6.75. The predicted molar refractivity (Wildman–Crippen MR) is 72.3 cm³/mol. The van der Waals surface area contributed by atoms with E-state index in [2.05, 4.69) is 22.9 Å². The first kappa shape index (κ1) is 15.0. The molecule has 1 aromatic rings. The highest BCUT2D eigenvalue weighted by Gasteiger charge is 2.07. The molecule has 0 aliphatic heterocycles. The lowest BCUT2D eigenvalue weighted by Gasteiger charge is -2.09. The number of carboxylic acids is 1. The molecule has 0 fully saturated rings. The van der Waals surface area contributed by atoms with Crippen molar-refractivity contribution in [2.24, 2.45) is 0 Å². The van der Waals surface area contributed by atoms with Gasteiger partial charge in [0.1, 0.15) is 12.4 Å². The second-order valence-corrected chi connectivity index (χ2v) is 4.62. The summed E-state index contributed by atoms with van der Waals surface area (Å²) in [6.07, 6.45) is 2.17. The Bertz CT molecular complexity index is 393. The van der Waals surface area contributed by atoms with Gasteiger partial charge in [-0.15, -0.1) is 0 Å². The number of ether oxygens (including phenoxy) is 2. The molecule has 0 atom stereocenters. The molecule has 0 amide bonds. The van der Waals surface area contributed by atoms with Crippen molar-refractivity contribution in [2.75, 3.05) is 19.8 Å². The Morgan fingerprint density at radius 1 is 1.33 bits per heavy atom. The van der Waals surface area contributed by atoms with Crippen LogP contribution < -0.4 is 4.74 Å². The van der Waals surface area contributed by atoms with Crippen LogP contribution in [0.15, 0.2) is 22.7 Å². The third kappa shape index (κ3) is 5.06. The summed E-state index contributed by atoms with van der Waals surface area (Å²) in [4.78, 5) is 10.7. The molecule has 0 saturated carbocycles. The van der Waals surface area contributed by atoms with E-state index in [-0.39, 0.29) is 5.56 Å². The van der Waals surface area contributed by atoms with Gasteiger partial charge in [-0.25, -0.2) is 4.79 Å². The van der Waals surface area contributed by atoms with E-state index in [1.54, 1.807) is 6.07 Å². The van der Waals surface area contributed by atoms with E-state index in [1.807, 2.05) is 0 Å². The van der Waals surface area contributed by atoms with Gasteiger partial charge >= 0.3 is 5.97 Å². The molecular formula is C13H17BrO4. The van der Waals surface area contributed by atoms with Gasteiger partial charge < -0.3 is 14.6 Å². The number of rotatable bonds is 8. The summed E-state index contributed by atoms with van der Waals surface area (Å²) < 4.78 is 11.5. The van der Waals surface area contributed by atoms with Crippen LogP contribution in [0, 0.1) is 0 Å². The van der Waals surface area contributed by atoms with Gasteiger partial charge in [0, 0.05) is 6.61 Å². The molecule has 1 rings (SSSR count). The lowest BCUT2D eigenvalue weighted by Crippen LogP contribution is -2.08. The van der Waals surface area contributed by atoms with Crippen LogP contribution in [0.3, 0.4) is 0 Å². The van der Waals surface area contributed by atoms with E-state index in [1.165, 1.54) is 12.1 Å². The van der Waals surface area contributed by atoms with Crippen LogP contribution in [0.5, 0.6) is 5.75 Å². The van der Waals surface area contributed by atoms with Crippen LogP contribution in [-0.2, 0) is 4.74 Å². The lowest BCUT2D eigenvalue weighted by molar-refractivity contribution is 0.0696. The third-order valence-electron chi connectivity index (χ3n) is 2.31. The van der Waals surface area contributed by atoms with Crippen molar-refractivity contribution in [2.45, 2.75) is 19.8 Å². The van der Waals surface area contributed by atoms with E-state index in [9.17, 15) is 4.79 Å². The maximum Gasteiger partial charge on any atom is 0.335 e. The van der Waals surface area contributed by atoms with Crippen molar-refractivity contribution >= 4 is 21.9 Å². The summed E-state index contributed by atoms with van der Waals surface area (Å²) in [5.41, 5.74) is 0.230. The highest BCUT2D eigenvalue weighted by Crippen LogP contribution is 2.25. The van der Waals surface area contributed by atoms with Crippen molar-refractivity contribution in [1.82, 2.24) is 0 Å². The minimum atomic E-state index is -0.954. The van der Waals surface area contributed by atoms with Gasteiger partial charge in [-0.3, -0.25) is 0 Å². The number of carbonyl (C=O) groups is 1. The zero-order valence-corrected chi connectivity index (χ0v) is 11.9. The molecule has 100 valence electrons. The molecule has 5 heteroatoms. The van der Waals surface area contributed by atoms with Gasteiger partial charge in [-0.2, -0.15) is 0 Å². The van der Waals surface area contributed by atoms with Crippen LogP contribution in [-0.4, -0.2) is 30.9 Å². The molecule has 1 aromatic carbocycles. The van der Waals surface area contributed by atoms with Gasteiger partial charge in [0.25, 0.3) is 0 Å². The number of hydrogen-bond acceptors (Lipinski definition) is 3. The molecule has 0 unspecified atom stereocenters. The first-order chi connectivity index (χ1) is 8.65. The molecular weight excluding hydrogens is 300 g/mol. The Hall–Kier alpha value is -1.07. The zero-order chi connectivity index (χ0) is 13.4. The van der Waals surface area contributed by atoms with Gasteiger partial charge in [0.15, 0.2) is 0 Å². The highest BCUT2D eigenvalue weighted by atomic mass is 79.9. The van der Waals surface area contributed by atoms with E-state index in [0.29, 0.717) is 23.4 Å². The fourth-order valence-electron chi connectivity index (χ4n) is 1.31. The van der Waals surface area contributed by atoms with E-state index < -0.39 is 5.97 Å². The predicted octanol–water partition coefficient (Wildman–Crippen LogP) is 3.34. The molecule has 0 aliphatic rings. The largest absolute Gasteiger partial charge is 0.490 e. The van der Waals surface area contributed by atoms with Crippen molar-refractivity contribution < 1.29 is 19.4 Å². The second kappa shape index (κ2) is 8.11. The Morgan fingerprint density at radius 3 is 2.72 bits per heavy atom. The minimum Gasteiger partial charge on any atom is -0.490 e. The zero-order valence-electron chi connectivity index (χ0n) is 10.3. The first-order valence-electron chi connectivity index (χ1n) is 5.88. The Balaban J connectivity index is 2.36. The summed E-state index contributed by atoms with van der Waals surface area (Å²) in [5.74, 6) is -0.329. The van der Waals surface area contributed by atoms with Crippen LogP contribution in [0.1, 0.15) is 30.1 Å². The first-order valence-corrected chi connectivity index (χ1v) is 6.68. The summed E-state index contributed by atoms with van der Waals surface area (Å²) in [7, 11) is 0. The molecule has 18 heavy (non-hydrogen) atoms. The minimum absolute atomic E-state index is 0.230. The summed E-state index contributed by atoms with van der Waals surface area (Å²) in [6.45, 7) is 3.85. The van der Waals surface area contributed by atoms with Crippen molar-refractivity contribution in [3.63, 3.8) is 0 Å². The van der Waals surface area contributed by atoms with Crippen LogP contribution in [0.25, 0.3) is 0 Å². The van der Waals surface area contributed by atoms with E-state index in [0.717, 1.165) is 19.4 Å². The molecule has 1 N–H and O–H groups in total. The molecule has 0 aliphatic carbocycles. The lowest BCUT2D eigenvalue weighted by atomic mass is 10.2. The standard InChI is InChI=1S/C13H17BrO4/c1-2-3-6-17-7-8-18-12-5-4-10(13(15)16)9-11(12)14/h4-5,9H,2-3,6-8H2,1H3,(H,15,16). The van der Waals surface area contributed by atoms with Gasteiger partial charge in [-0.1, -0.05) is 13.3 Å². The molecule has 0 radical (unpaired) electrons. The topological polar surface area (TPSA) is 55.8 Å². The van der Waals surface area contributed by atoms with Gasteiger partial charge in [0.05, 0.1) is 16.6 Å². The Labute approximate surface area is 115 Å². The smallest absolute Gasteiger partial charge is 0.335 e. The van der Waals surface area contributed by atoms with E-state index >= 15 is 0 Å². The molecule has 0 saturated heterocycles. The maximum atomic E-state index is 10.7. The van der Waals surface area contributed by atoms with Crippen LogP contribution in [0.2, 0.25) is 0 Å². The van der Waals surface area contributed by atoms with Crippen LogP contribution in [0.4, 0.5) is 0 Å². The number of benzene rings is 1. The SMILES string of the molecule is CCCCOCCOc1ccc(C(=O)O)cc1Br. The molecule has 4 nitrogen and oxygen atoms in total. The third-order valence-corrected chi connectivity index (χ3v) is 2.93. The number of unbranched alkanes of at least 4 members (excludes halogenated alkanes) is 1. The molecule has 0 aromatic heterocycles. The van der Waals surface area contributed by atoms with Gasteiger partial charge in [0.2, 0.25) is 0 Å². The molecule has 0 spiro atoms. The number of hydrogen-bond donors (Lipinski definition) is 1. The normalized spacial score (nSPS) is 10.3. The number of carboxylic acid groups (broad SMARTS) is 1. The summed E-state index contributed by atoms with van der Waals surface area (Å²) in [5, 5.41) is 8.82. The molecule has 0 bridgehead atoms. The monoisotopic (exact) mass is 316 g/mol. The van der Waals surface area contributed by atoms with Gasteiger partial charge in [-0.05, 0) is 40.5 Å². The fraction of sp³-hybridized carbons (Fsp3) is 0.462. The molecule has 0 heterocycles. The van der Waals surface area contributed by atoms with Crippen molar-refractivity contribution in [1.29, 1.82) is 0 Å². The average molecular weight is 317 g/mol. The second-order valence-electron chi connectivity index (χ2n) is 3.76. The average Bonchev–Trinajstić information content (AvgIpc) is 2.35.